The molecule has 1 radical (unpaired) electrons. The van der Waals surface area contributed by atoms with Crippen LogP contribution in [0.1, 0.15) is 32.1 Å². The van der Waals surface area contributed by atoms with Gasteiger partial charge in [0.2, 0.25) is 0 Å². The van der Waals surface area contributed by atoms with E-state index in [0.29, 0.717) is 6.04 Å². The van der Waals surface area contributed by atoms with Gasteiger partial charge in [-0.1, -0.05) is 25.7 Å². The van der Waals surface area contributed by atoms with Crippen LogP contribution in [0, 0.1) is 12.5 Å². The highest BCUT2D eigenvalue weighted by Gasteiger charge is 2.11. The van der Waals surface area contributed by atoms with Crippen molar-refractivity contribution in [3.63, 3.8) is 0 Å². The minimum atomic E-state index is 0.490. The Morgan fingerprint density at radius 1 is 1.22 bits per heavy atom. The molecule has 1 nitrogen and oxygen atoms in total. The van der Waals surface area contributed by atoms with E-state index in [4.69, 9.17) is 6.42 Å². The molecule has 0 amide bonds. The number of hydrogen-bond donors (Lipinski definition) is 0. The van der Waals surface area contributed by atoms with Crippen molar-refractivity contribution in [2.75, 3.05) is 0 Å². The van der Waals surface area contributed by atoms with Crippen molar-refractivity contribution < 1.29 is 0 Å². The van der Waals surface area contributed by atoms with Crippen molar-refractivity contribution in [1.29, 1.82) is 0 Å². The van der Waals surface area contributed by atoms with Crippen LogP contribution in [0.5, 0.6) is 0 Å². The number of rotatable bonds is 1. The third-order valence-corrected chi connectivity index (χ3v) is 1.83. The van der Waals surface area contributed by atoms with E-state index in [2.05, 4.69) is 11.4 Å². The van der Waals surface area contributed by atoms with Crippen LogP contribution in [0.25, 0.3) is 0 Å². The summed E-state index contributed by atoms with van der Waals surface area (Å²) in [6.45, 7) is 0. The van der Waals surface area contributed by atoms with E-state index >= 15 is 0 Å². The highest BCUT2D eigenvalue weighted by atomic mass is 14.9. The first-order valence-electron chi connectivity index (χ1n) is 3.59. The van der Waals surface area contributed by atoms with E-state index in [1.807, 2.05) is 0 Å². The average Bonchev–Trinajstić information content (AvgIpc) is 1.91. The maximum atomic E-state index is 5.04. The van der Waals surface area contributed by atoms with Gasteiger partial charge < -0.3 is 0 Å². The van der Waals surface area contributed by atoms with Gasteiger partial charge in [0.05, 0.1) is 6.04 Å². The Labute approximate surface area is 56.8 Å². The first kappa shape index (κ1) is 6.48. The molecule has 1 heteroatoms. The van der Waals surface area contributed by atoms with Crippen molar-refractivity contribution in [2.24, 2.45) is 0 Å². The van der Waals surface area contributed by atoms with Gasteiger partial charge in [-0.05, 0) is 12.8 Å². The second-order valence-corrected chi connectivity index (χ2v) is 2.55. The van der Waals surface area contributed by atoms with Crippen LogP contribution >= 0.6 is 0 Å². The lowest BCUT2D eigenvalue weighted by molar-refractivity contribution is 0.405. The topological polar surface area (TPSA) is 14.1 Å². The summed E-state index contributed by atoms with van der Waals surface area (Å²) >= 11 is 0. The molecule has 0 aromatic heterocycles. The van der Waals surface area contributed by atoms with Crippen molar-refractivity contribution in [3.05, 3.63) is 0 Å². The smallest absolute Gasteiger partial charge is 0.0600 e. The minimum absolute atomic E-state index is 0.490. The van der Waals surface area contributed by atoms with E-state index in [9.17, 15) is 0 Å². The van der Waals surface area contributed by atoms with Crippen molar-refractivity contribution in [3.8, 4) is 12.5 Å². The predicted octanol–water partition coefficient (Wildman–Crippen LogP) is 1.51. The molecule has 1 fully saturated rings. The highest BCUT2D eigenvalue weighted by molar-refractivity contribution is 4.85. The van der Waals surface area contributed by atoms with E-state index in [1.165, 1.54) is 32.1 Å². The molecule has 0 aromatic rings. The van der Waals surface area contributed by atoms with Crippen LogP contribution < -0.4 is 5.32 Å². The molecule has 0 aromatic carbocycles. The Morgan fingerprint density at radius 2 is 1.89 bits per heavy atom. The minimum Gasteiger partial charge on any atom is -0.232 e. The lowest BCUT2D eigenvalue weighted by Gasteiger charge is -2.17. The molecule has 0 saturated heterocycles. The second kappa shape index (κ2) is 3.40. The van der Waals surface area contributed by atoms with Gasteiger partial charge in [-0.2, -0.15) is 0 Å². The molecule has 0 bridgehead atoms. The third-order valence-electron chi connectivity index (χ3n) is 1.83. The SMILES string of the molecule is C#C[N]C1CCCCC1. The summed E-state index contributed by atoms with van der Waals surface area (Å²) in [5, 5.41) is 4.01. The molecule has 0 spiro atoms. The van der Waals surface area contributed by atoms with Gasteiger partial charge in [-0.15, -0.1) is 0 Å². The summed E-state index contributed by atoms with van der Waals surface area (Å²) < 4.78 is 0. The molecule has 49 valence electrons. The summed E-state index contributed by atoms with van der Waals surface area (Å²) in [6, 6.07) is 2.85. The van der Waals surface area contributed by atoms with Gasteiger partial charge >= 0.3 is 0 Å². The summed E-state index contributed by atoms with van der Waals surface area (Å²) in [5.41, 5.74) is 0. The molecule has 0 atom stereocenters. The molecule has 0 heterocycles. The molecular weight excluding hydrogens is 110 g/mol. The summed E-state index contributed by atoms with van der Waals surface area (Å²) in [6.07, 6.45) is 11.5. The second-order valence-electron chi connectivity index (χ2n) is 2.55. The molecule has 1 aliphatic carbocycles. The average molecular weight is 122 g/mol. The largest absolute Gasteiger partial charge is 0.232 e. The van der Waals surface area contributed by atoms with E-state index in [1.54, 1.807) is 0 Å². The fourth-order valence-electron chi connectivity index (χ4n) is 1.32. The molecule has 1 saturated carbocycles. The summed E-state index contributed by atoms with van der Waals surface area (Å²) in [7, 11) is 0. The highest BCUT2D eigenvalue weighted by Crippen LogP contribution is 2.17. The quantitative estimate of drug-likeness (QED) is 0.468. The number of terminal acetylenes is 1. The lowest BCUT2D eigenvalue weighted by Crippen LogP contribution is -2.20. The van der Waals surface area contributed by atoms with Crippen LogP contribution in [0.3, 0.4) is 0 Å². The van der Waals surface area contributed by atoms with Gasteiger partial charge in [-0.3, -0.25) is 0 Å². The Hall–Kier alpha value is -0.640. The van der Waals surface area contributed by atoms with Gasteiger partial charge in [0.15, 0.2) is 0 Å². The first-order chi connectivity index (χ1) is 4.43. The molecule has 1 aliphatic rings. The number of nitrogens with zero attached hydrogens (tertiary/aromatic N) is 1. The van der Waals surface area contributed by atoms with E-state index in [-0.39, 0.29) is 0 Å². The molecule has 0 unspecified atom stereocenters. The van der Waals surface area contributed by atoms with Crippen LogP contribution in [0.15, 0.2) is 0 Å². The van der Waals surface area contributed by atoms with Crippen LogP contribution in [-0.2, 0) is 0 Å². The summed E-state index contributed by atoms with van der Waals surface area (Å²) in [4.78, 5) is 0. The van der Waals surface area contributed by atoms with Gasteiger partial charge in [0.1, 0.15) is 0 Å². The molecule has 0 N–H and O–H groups in total. The van der Waals surface area contributed by atoms with Crippen molar-refractivity contribution in [1.82, 2.24) is 5.32 Å². The molecule has 0 aliphatic heterocycles. The zero-order valence-electron chi connectivity index (χ0n) is 5.64. The normalized spacial score (nSPS) is 20.8. The van der Waals surface area contributed by atoms with E-state index in [0.717, 1.165) is 0 Å². The zero-order chi connectivity index (χ0) is 6.53. The molecular formula is C8H12N. The van der Waals surface area contributed by atoms with Crippen LogP contribution in [0.4, 0.5) is 0 Å². The Morgan fingerprint density at radius 3 is 2.44 bits per heavy atom. The lowest BCUT2D eigenvalue weighted by atomic mass is 9.96. The Kier molecular flexibility index (Phi) is 2.45. The van der Waals surface area contributed by atoms with Gasteiger partial charge in [-0.25, -0.2) is 5.32 Å². The van der Waals surface area contributed by atoms with Gasteiger partial charge in [0.25, 0.3) is 0 Å². The standard InChI is InChI=1S/C8H12N/c1-2-9-8-6-4-3-5-7-8/h1,8H,3-7H2. The zero-order valence-corrected chi connectivity index (χ0v) is 5.64. The van der Waals surface area contributed by atoms with Crippen LogP contribution in [-0.4, -0.2) is 6.04 Å². The van der Waals surface area contributed by atoms with E-state index < -0.39 is 0 Å². The first-order valence-corrected chi connectivity index (χ1v) is 3.59. The maximum Gasteiger partial charge on any atom is 0.0600 e. The Balaban J connectivity index is 2.17. The fraction of sp³-hybridized carbons (Fsp3) is 0.750. The van der Waals surface area contributed by atoms with Crippen molar-refractivity contribution in [2.45, 2.75) is 38.1 Å². The molecule has 1 rings (SSSR count). The van der Waals surface area contributed by atoms with Gasteiger partial charge in [0, 0.05) is 6.04 Å². The number of hydrogen-bond acceptors (Lipinski definition) is 0. The molecule has 9 heavy (non-hydrogen) atoms. The van der Waals surface area contributed by atoms with Crippen LogP contribution in [0.2, 0.25) is 0 Å². The predicted molar refractivity (Wildman–Crippen MR) is 37.8 cm³/mol. The maximum absolute atomic E-state index is 5.04. The summed E-state index contributed by atoms with van der Waals surface area (Å²) in [5.74, 6) is 0. The van der Waals surface area contributed by atoms with Crippen molar-refractivity contribution >= 4 is 0 Å². The monoisotopic (exact) mass is 122 g/mol. The Bertz CT molecular complexity index is 106. The fourth-order valence-corrected chi connectivity index (χ4v) is 1.32. The third kappa shape index (κ3) is 1.97.